The van der Waals surface area contributed by atoms with Gasteiger partial charge in [-0.2, -0.15) is 0 Å². The third kappa shape index (κ3) is 8.49. The molecular weight excluding hydrogens is 598 g/mol. The van der Waals surface area contributed by atoms with Crippen molar-refractivity contribution in [3.05, 3.63) is 155 Å². The highest BCUT2D eigenvalue weighted by Crippen LogP contribution is 2.31. The van der Waals surface area contributed by atoms with Gasteiger partial charge in [-0.1, -0.05) is 78.9 Å². The van der Waals surface area contributed by atoms with Crippen LogP contribution in [-0.4, -0.2) is 29.5 Å². The Morgan fingerprint density at radius 2 is 0.833 bits per heavy atom. The van der Waals surface area contributed by atoms with Crippen LogP contribution >= 0.6 is 0 Å². The topological polar surface area (TPSA) is 62.3 Å². The van der Waals surface area contributed by atoms with Gasteiger partial charge in [-0.05, 0) is 118 Å². The maximum atomic E-state index is 14.1. The molecule has 2 atom stereocenters. The van der Waals surface area contributed by atoms with E-state index in [1.54, 1.807) is 23.6 Å². The summed E-state index contributed by atoms with van der Waals surface area (Å²) < 4.78 is 12.4. The average Bonchev–Trinajstić information content (AvgIpc) is 3.04. The largest absolute Gasteiger partial charge is 0.430 e. The smallest absolute Gasteiger partial charge is 0.420 e. The van der Waals surface area contributed by atoms with E-state index in [1.807, 2.05) is 160 Å². The number of hydrogen-bond donors (Lipinski definition) is 0. The number of anilines is 4. The Kier molecular flexibility index (Phi) is 10.9. The van der Waals surface area contributed by atoms with E-state index in [-0.39, 0.29) is 0 Å². The highest BCUT2D eigenvalue weighted by Gasteiger charge is 2.31. The number of carbonyl (C=O) groups is 2. The quantitative estimate of drug-likeness (QED) is 0.142. The van der Waals surface area contributed by atoms with Gasteiger partial charge in [0.25, 0.3) is 0 Å². The molecule has 5 aromatic carbocycles. The molecule has 0 fully saturated rings. The normalized spacial score (nSPS) is 12.2. The molecule has 0 N–H and O–H groups in total. The van der Waals surface area contributed by atoms with Crippen molar-refractivity contribution in [2.24, 2.45) is 0 Å². The van der Waals surface area contributed by atoms with Crippen molar-refractivity contribution in [3.63, 3.8) is 0 Å². The zero-order chi connectivity index (χ0) is 34.2. The lowest BCUT2D eigenvalue weighted by atomic mass is 10.1. The molecular formula is C41H43N3O4. The summed E-state index contributed by atoms with van der Waals surface area (Å²) >= 11 is 0. The van der Waals surface area contributed by atoms with E-state index in [2.05, 4.69) is 0 Å². The van der Waals surface area contributed by atoms with Crippen LogP contribution in [0.15, 0.2) is 127 Å². The van der Waals surface area contributed by atoms with Gasteiger partial charge in [0.1, 0.15) is 0 Å². The molecule has 48 heavy (non-hydrogen) atoms. The molecule has 0 aliphatic heterocycles. The Morgan fingerprint density at radius 1 is 0.500 bits per heavy atom. The van der Waals surface area contributed by atoms with Gasteiger partial charge in [0.05, 0.1) is 22.7 Å². The van der Waals surface area contributed by atoms with Crippen LogP contribution in [0.25, 0.3) is 0 Å². The Morgan fingerprint density at radius 3 is 1.15 bits per heavy atom. The molecule has 5 rings (SSSR count). The van der Waals surface area contributed by atoms with Crippen molar-refractivity contribution in [2.75, 3.05) is 9.80 Å². The summed E-state index contributed by atoms with van der Waals surface area (Å²) in [5.74, 6) is 0. The minimum Gasteiger partial charge on any atom is -0.430 e. The standard InChI is InChI=1S/C41H43N3O4/c1-29-14-10-20-36(24-29)43(37-21-11-15-30(2)25-37)40(45)47-33(5)42(28-35-18-8-7-9-19-35)34(6)48-41(46)44(38-22-12-16-31(3)26-38)39-23-13-17-32(4)27-39/h7-27,33-34H,28H2,1-6H3. The van der Waals surface area contributed by atoms with Crippen LogP contribution in [0.3, 0.4) is 0 Å². The van der Waals surface area contributed by atoms with E-state index in [4.69, 9.17) is 9.47 Å². The summed E-state index contributed by atoms with van der Waals surface area (Å²) in [4.78, 5) is 33.2. The summed E-state index contributed by atoms with van der Waals surface area (Å²) in [6.45, 7) is 11.9. The number of aryl methyl sites for hydroxylation is 4. The minimum absolute atomic E-state index is 0.369. The Labute approximate surface area is 284 Å². The molecule has 246 valence electrons. The van der Waals surface area contributed by atoms with E-state index in [0.29, 0.717) is 29.3 Å². The molecule has 0 bridgehead atoms. The van der Waals surface area contributed by atoms with Crippen LogP contribution in [0, 0.1) is 27.7 Å². The van der Waals surface area contributed by atoms with E-state index in [9.17, 15) is 9.59 Å². The van der Waals surface area contributed by atoms with Gasteiger partial charge in [0.2, 0.25) is 0 Å². The van der Waals surface area contributed by atoms with Gasteiger partial charge in [0, 0.05) is 6.54 Å². The molecule has 7 heteroatoms. The van der Waals surface area contributed by atoms with Crippen molar-refractivity contribution in [2.45, 2.75) is 60.5 Å². The molecule has 0 aliphatic carbocycles. The maximum Gasteiger partial charge on any atom is 0.420 e. The van der Waals surface area contributed by atoms with Crippen molar-refractivity contribution in [1.82, 2.24) is 4.90 Å². The van der Waals surface area contributed by atoms with Gasteiger partial charge in [-0.25, -0.2) is 24.3 Å². The number of rotatable bonds is 10. The SMILES string of the molecule is Cc1cccc(N(C(=O)OC(C)N(Cc2ccccc2)C(C)OC(=O)N(c2cccc(C)c2)c2cccc(C)c2)c2cccc(C)c2)c1. The van der Waals surface area contributed by atoms with Gasteiger partial charge in [-0.3, -0.25) is 0 Å². The van der Waals surface area contributed by atoms with Gasteiger partial charge in [-0.15, -0.1) is 0 Å². The van der Waals surface area contributed by atoms with Crippen LogP contribution in [0.1, 0.15) is 41.7 Å². The predicted octanol–water partition coefficient (Wildman–Crippen LogP) is 10.4. The summed E-state index contributed by atoms with van der Waals surface area (Å²) in [5.41, 5.74) is 7.82. The molecule has 0 saturated heterocycles. The highest BCUT2D eigenvalue weighted by molar-refractivity contribution is 5.97. The van der Waals surface area contributed by atoms with Gasteiger partial charge < -0.3 is 9.47 Å². The molecule has 0 radical (unpaired) electrons. The number of nitrogens with zero attached hydrogens (tertiary/aromatic N) is 3. The molecule has 0 heterocycles. The average molecular weight is 642 g/mol. The third-order valence-corrected chi connectivity index (χ3v) is 8.09. The molecule has 0 aliphatic rings. The van der Waals surface area contributed by atoms with E-state index < -0.39 is 24.6 Å². The lowest BCUT2D eigenvalue weighted by Gasteiger charge is -2.35. The Hall–Kier alpha value is -5.40. The Balaban J connectivity index is 1.45. The molecule has 0 spiro atoms. The van der Waals surface area contributed by atoms with Crippen molar-refractivity contribution in [3.8, 4) is 0 Å². The second kappa shape index (κ2) is 15.5. The summed E-state index contributed by atoms with van der Waals surface area (Å²) in [6.07, 6.45) is -2.64. The van der Waals surface area contributed by atoms with Crippen LogP contribution in [-0.2, 0) is 16.0 Å². The molecule has 7 nitrogen and oxygen atoms in total. The van der Waals surface area contributed by atoms with E-state index in [0.717, 1.165) is 27.8 Å². The monoisotopic (exact) mass is 641 g/mol. The summed E-state index contributed by atoms with van der Waals surface area (Å²) in [5, 5.41) is 0. The van der Waals surface area contributed by atoms with Crippen LogP contribution in [0.2, 0.25) is 0 Å². The summed E-state index contributed by atoms with van der Waals surface area (Å²) in [7, 11) is 0. The number of hydrogen-bond acceptors (Lipinski definition) is 5. The summed E-state index contributed by atoms with van der Waals surface area (Å²) in [6, 6.07) is 40.8. The first-order valence-electron chi connectivity index (χ1n) is 16.2. The zero-order valence-corrected chi connectivity index (χ0v) is 28.5. The fourth-order valence-electron chi connectivity index (χ4n) is 5.67. The first-order valence-corrected chi connectivity index (χ1v) is 16.2. The third-order valence-electron chi connectivity index (χ3n) is 8.09. The maximum absolute atomic E-state index is 14.1. The zero-order valence-electron chi connectivity index (χ0n) is 28.5. The molecule has 5 aromatic rings. The molecule has 0 aromatic heterocycles. The molecule has 2 unspecified atom stereocenters. The fourth-order valence-corrected chi connectivity index (χ4v) is 5.67. The number of carbonyl (C=O) groups excluding carboxylic acids is 2. The first kappa shape index (κ1) is 33.9. The lowest BCUT2D eigenvalue weighted by Crippen LogP contribution is -2.47. The van der Waals surface area contributed by atoms with Crippen LogP contribution < -0.4 is 9.80 Å². The minimum atomic E-state index is -0.774. The van der Waals surface area contributed by atoms with Gasteiger partial charge >= 0.3 is 12.2 Å². The van der Waals surface area contributed by atoms with Crippen molar-refractivity contribution >= 4 is 34.9 Å². The second-order valence-corrected chi connectivity index (χ2v) is 12.2. The van der Waals surface area contributed by atoms with Gasteiger partial charge in [0.15, 0.2) is 12.5 Å². The molecule has 2 amide bonds. The van der Waals surface area contributed by atoms with E-state index in [1.165, 1.54) is 0 Å². The van der Waals surface area contributed by atoms with Crippen LogP contribution in [0.5, 0.6) is 0 Å². The van der Waals surface area contributed by atoms with Crippen molar-refractivity contribution < 1.29 is 19.1 Å². The van der Waals surface area contributed by atoms with Crippen molar-refractivity contribution in [1.29, 1.82) is 0 Å². The van der Waals surface area contributed by atoms with E-state index >= 15 is 0 Å². The highest BCUT2D eigenvalue weighted by atomic mass is 16.6. The van der Waals surface area contributed by atoms with Crippen LogP contribution in [0.4, 0.5) is 32.3 Å². The number of benzene rings is 5. The lowest BCUT2D eigenvalue weighted by molar-refractivity contribution is -0.0938. The fraction of sp³-hybridized carbons (Fsp3) is 0.220. The number of amides is 2. The first-order chi connectivity index (χ1) is 23.1. The molecule has 0 saturated carbocycles. The Bertz CT molecular complexity index is 1650. The second-order valence-electron chi connectivity index (χ2n) is 12.2. The number of ether oxygens (including phenoxy) is 2. The predicted molar refractivity (Wildman–Crippen MR) is 193 cm³/mol.